The Hall–Kier alpha value is -3.61. The lowest BCUT2D eigenvalue weighted by Gasteiger charge is -2.46. The van der Waals surface area contributed by atoms with Crippen molar-refractivity contribution in [3.05, 3.63) is 122 Å². The number of hydrogen-bond donors (Lipinski definition) is 9. The molecule has 0 aromatic heterocycles. The Morgan fingerprint density at radius 3 is 1.22 bits per heavy atom. The summed E-state index contributed by atoms with van der Waals surface area (Å²) in [7, 11) is 0. The standard InChI is InChI=1S/C73H123NO13/c1-3-5-7-9-11-13-15-17-19-20-21-22-23-24-25-26-27-28-29-30-31-32-33-34-35-36-37-38-39-40-41-42-43-45-47-49-51-53-55-57-65(78)74-61(62(77)56-54-52-50-48-46-44-18-16-14-12-10-8-6-4-2)60-84-72-70(83)68(81)71(64(59-76)86-72)87-73-69(82)67(80)66(79)63(58-75)85-73/h5,7,11,13,17,19,21-22,24-25,27-28,30-31,33-34,36-37,39-40,61-64,66-73,75-77,79-83H,3-4,6,8-10,12,14-16,18,20,23,26,29,32,35,38,41-60H2,1-2H3,(H,74,78)/b7-5-,13-11-,19-17-,22-21-,25-24-,28-27-,31-30-,34-33-,37-36-,40-39-. The van der Waals surface area contributed by atoms with Crippen molar-refractivity contribution in [2.45, 2.75) is 312 Å². The van der Waals surface area contributed by atoms with Crippen molar-refractivity contribution in [3.63, 3.8) is 0 Å². The Balaban J connectivity index is 1.63. The molecule has 2 aliphatic rings. The van der Waals surface area contributed by atoms with E-state index < -0.39 is 86.8 Å². The second-order valence-electron chi connectivity index (χ2n) is 23.6. The maximum atomic E-state index is 13.3. The first kappa shape index (κ1) is 79.5. The molecule has 0 aromatic carbocycles. The van der Waals surface area contributed by atoms with Crippen molar-refractivity contribution < 1.29 is 64.6 Å². The summed E-state index contributed by atoms with van der Waals surface area (Å²) in [6.07, 6.45) is 64.9. The van der Waals surface area contributed by atoms with Crippen LogP contribution >= 0.6 is 0 Å². The summed E-state index contributed by atoms with van der Waals surface area (Å²) in [5.41, 5.74) is 0. The average molecular weight is 1220 g/mol. The largest absolute Gasteiger partial charge is 0.394 e. The van der Waals surface area contributed by atoms with Crippen LogP contribution in [0, 0.1) is 0 Å². The Morgan fingerprint density at radius 2 is 0.793 bits per heavy atom. The van der Waals surface area contributed by atoms with E-state index in [9.17, 15) is 45.6 Å². The number of aliphatic hydroxyl groups excluding tert-OH is 8. The summed E-state index contributed by atoms with van der Waals surface area (Å²) in [5.74, 6) is -0.220. The first-order valence-corrected chi connectivity index (χ1v) is 34.3. The molecule has 2 fully saturated rings. The second kappa shape index (κ2) is 56.4. The molecular weight excluding hydrogens is 1100 g/mol. The summed E-state index contributed by atoms with van der Waals surface area (Å²) in [6, 6.07) is -0.841. The van der Waals surface area contributed by atoms with E-state index in [2.05, 4.69) is 141 Å². The number of nitrogens with one attached hydrogen (secondary N) is 1. The van der Waals surface area contributed by atoms with Gasteiger partial charge < -0.3 is 65.1 Å². The van der Waals surface area contributed by atoms with E-state index in [1.54, 1.807) is 0 Å². The third kappa shape index (κ3) is 40.7. The zero-order valence-corrected chi connectivity index (χ0v) is 54.0. The van der Waals surface area contributed by atoms with Gasteiger partial charge in [0.2, 0.25) is 5.91 Å². The fraction of sp³-hybridized carbons (Fsp3) is 0.712. The summed E-state index contributed by atoms with van der Waals surface area (Å²) >= 11 is 0. The van der Waals surface area contributed by atoms with E-state index in [4.69, 9.17) is 18.9 Å². The second-order valence-corrected chi connectivity index (χ2v) is 23.6. The summed E-state index contributed by atoms with van der Waals surface area (Å²) in [5, 5.41) is 87.4. The lowest BCUT2D eigenvalue weighted by Crippen LogP contribution is -2.65. The predicted molar refractivity (Wildman–Crippen MR) is 355 cm³/mol. The molecule has 14 heteroatoms. The van der Waals surface area contributed by atoms with Gasteiger partial charge in [-0.1, -0.05) is 264 Å². The molecule has 14 nitrogen and oxygen atoms in total. The van der Waals surface area contributed by atoms with E-state index in [-0.39, 0.29) is 18.9 Å². The first-order chi connectivity index (χ1) is 42.6. The van der Waals surface area contributed by atoms with Gasteiger partial charge in [0.05, 0.1) is 32.0 Å². The van der Waals surface area contributed by atoms with Gasteiger partial charge in [-0.3, -0.25) is 4.79 Å². The van der Waals surface area contributed by atoms with Gasteiger partial charge in [0.15, 0.2) is 12.6 Å². The number of aliphatic hydroxyl groups is 8. The van der Waals surface area contributed by atoms with Gasteiger partial charge in [0.1, 0.15) is 48.8 Å². The van der Waals surface area contributed by atoms with Gasteiger partial charge in [-0.25, -0.2) is 0 Å². The first-order valence-electron chi connectivity index (χ1n) is 34.3. The van der Waals surface area contributed by atoms with Gasteiger partial charge in [-0.05, 0) is 89.9 Å². The van der Waals surface area contributed by atoms with Crippen molar-refractivity contribution in [1.82, 2.24) is 5.32 Å². The van der Waals surface area contributed by atoms with Crippen LogP contribution in [-0.4, -0.2) is 140 Å². The number of ether oxygens (including phenoxy) is 4. The quantitative estimate of drug-likeness (QED) is 0.0204. The number of amides is 1. The minimum atomic E-state index is -1.79. The Bertz CT molecular complexity index is 1920. The molecule has 2 aliphatic heterocycles. The van der Waals surface area contributed by atoms with E-state index in [1.165, 1.54) is 83.5 Å². The maximum Gasteiger partial charge on any atom is 0.220 e. The predicted octanol–water partition coefficient (Wildman–Crippen LogP) is 13.7. The summed E-state index contributed by atoms with van der Waals surface area (Å²) < 4.78 is 22.9. The third-order valence-electron chi connectivity index (χ3n) is 15.9. The van der Waals surface area contributed by atoms with Crippen molar-refractivity contribution >= 4 is 5.91 Å². The lowest BCUT2D eigenvalue weighted by molar-refractivity contribution is -0.359. The number of allylic oxidation sites excluding steroid dienone is 20. The smallest absolute Gasteiger partial charge is 0.220 e. The highest BCUT2D eigenvalue weighted by Gasteiger charge is 2.51. The van der Waals surface area contributed by atoms with Gasteiger partial charge in [0.25, 0.3) is 0 Å². The van der Waals surface area contributed by atoms with Crippen LogP contribution in [0.15, 0.2) is 122 Å². The van der Waals surface area contributed by atoms with Crippen LogP contribution in [0.3, 0.4) is 0 Å². The fourth-order valence-corrected chi connectivity index (χ4v) is 10.5. The Morgan fingerprint density at radius 1 is 0.425 bits per heavy atom. The normalized spacial score (nSPS) is 24.1. The molecule has 2 saturated heterocycles. The SMILES string of the molecule is CC/C=C\C/C=C\C/C=C\C/C=C\C/C=C\C/C=C\C/C=C\C/C=C\C/C=C\C/C=C\CCCCCCCCCCC(=O)NC(COC1OC(CO)C(OC2OC(CO)C(O)C(O)C2O)C(O)C1O)C(O)CCCCCCCCCCCCCCCC. The zero-order chi connectivity index (χ0) is 63.1. The number of unbranched alkanes of at least 4 members (excludes halogenated alkanes) is 21. The molecule has 9 N–H and O–H groups in total. The van der Waals surface area contributed by atoms with Crippen LogP contribution in [-0.2, 0) is 23.7 Å². The van der Waals surface area contributed by atoms with Crippen LogP contribution in [0.4, 0.5) is 0 Å². The minimum Gasteiger partial charge on any atom is -0.394 e. The van der Waals surface area contributed by atoms with Crippen LogP contribution < -0.4 is 5.32 Å². The number of carbonyl (C=O) groups is 1. The molecule has 498 valence electrons. The van der Waals surface area contributed by atoms with Gasteiger partial charge in [-0.15, -0.1) is 0 Å². The number of carbonyl (C=O) groups excluding carboxylic acids is 1. The molecule has 0 aromatic rings. The average Bonchev–Trinajstić information content (AvgIpc) is 2.05. The molecule has 87 heavy (non-hydrogen) atoms. The summed E-state index contributed by atoms with van der Waals surface area (Å²) in [6.45, 7) is 2.73. The topological polar surface area (TPSA) is 228 Å². The Kier molecular flexibility index (Phi) is 51.5. The van der Waals surface area contributed by atoms with Crippen molar-refractivity contribution in [2.24, 2.45) is 0 Å². The minimum absolute atomic E-state index is 0.220. The van der Waals surface area contributed by atoms with Gasteiger partial charge >= 0.3 is 0 Å². The zero-order valence-electron chi connectivity index (χ0n) is 54.0. The van der Waals surface area contributed by atoms with E-state index in [0.717, 1.165) is 122 Å². The highest BCUT2D eigenvalue weighted by atomic mass is 16.7. The monoisotopic (exact) mass is 1220 g/mol. The van der Waals surface area contributed by atoms with Crippen LogP contribution in [0.5, 0.6) is 0 Å². The highest BCUT2D eigenvalue weighted by molar-refractivity contribution is 5.76. The molecule has 0 radical (unpaired) electrons. The molecule has 0 spiro atoms. The summed E-state index contributed by atoms with van der Waals surface area (Å²) in [4.78, 5) is 13.3. The molecule has 12 atom stereocenters. The van der Waals surface area contributed by atoms with E-state index in [1.807, 2.05) is 0 Å². The molecule has 12 unspecified atom stereocenters. The van der Waals surface area contributed by atoms with Crippen molar-refractivity contribution in [3.8, 4) is 0 Å². The molecule has 0 aliphatic carbocycles. The Labute approximate surface area is 527 Å². The third-order valence-corrected chi connectivity index (χ3v) is 15.9. The number of hydrogen-bond acceptors (Lipinski definition) is 13. The molecular formula is C73H123NO13. The maximum absolute atomic E-state index is 13.3. The van der Waals surface area contributed by atoms with Crippen LogP contribution in [0.2, 0.25) is 0 Å². The van der Waals surface area contributed by atoms with Crippen LogP contribution in [0.1, 0.15) is 239 Å². The molecule has 2 rings (SSSR count). The van der Waals surface area contributed by atoms with Crippen molar-refractivity contribution in [1.29, 1.82) is 0 Å². The molecule has 0 bridgehead atoms. The van der Waals surface area contributed by atoms with E-state index >= 15 is 0 Å². The molecule has 0 saturated carbocycles. The number of rotatable bonds is 54. The fourth-order valence-electron chi connectivity index (χ4n) is 10.5. The van der Waals surface area contributed by atoms with E-state index in [0.29, 0.717) is 12.8 Å². The molecule has 1 amide bonds. The van der Waals surface area contributed by atoms with Gasteiger partial charge in [-0.2, -0.15) is 0 Å². The molecule has 2 heterocycles. The highest BCUT2D eigenvalue weighted by Crippen LogP contribution is 2.30. The lowest BCUT2D eigenvalue weighted by atomic mass is 9.97. The van der Waals surface area contributed by atoms with Crippen LogP contribution in [0.25, 0.3) is 0 Å². The van der Waals surface area contributed by atoms with Crippen molar-refractivity contribution in [2.75, 3.05) is 19.8 Å². The van der Waals surface area contributed by atoms with Gasteiger partial charge in [0, 0.05) is 6.42 Å².